The van der Waals surface area contributed by atoms with E-state index in [0.29, 0.717) is 6.54 Å². The Kier molecular flexibility index (Phi) is 4.64. The standard InChI is InChI=1S/C17H21NO2/c1-13-8-10-14(11-9-13)18(2)12-16(19)15-6-4-5-7-17(15)20-3/h4-11,16,19H,12H2,1-3H3. The molecule has 106 valence electrons. The predicted molar refractivity (Wildman–Crippen MR) is 82.4 cm³/mol. The van der Waals surface area contributed by atoms with Gasteiger partial charge in [-0.2, -0.15) is 0 Å². The largest absolute Gasteiger partial charge is 0.496 e. The number of anilines is 1. The van der Waals surface area contributed by atoms with Crippen LogP contribution in [0.3, 0.4) is 0 Å². The van der Waals surface area contributed by atoms with Gasteiger partial charge >= 0.3 is 0 Å². The van der Waals surface area contributed by atoms with Crippen molar-refractivity contribution in [1.29, 1.82) is 0 Å². The summed E-state index contributed by atoms with van der Waals surface area (Å²) in [6.45, 7) is 2.58. The number of aliphatic hydroxyl groups excluding tert-OH is 1. The van der Waals surface area contributed by atoms with E-state index in [9.17, 15) is 5.11 Å². The summed E-state index contributed by atoms with van der Waals surface area (Å²) in [6.07, 6.45) is -0.586. The van der Waals surface area contributed by atoms with Crippen molar-refractivity contribution in [1.82, 2.24) is 0 Å². The number of likely N-dealkylation sites (N-methyl/N-ethyl adjacent to an activating group) is 1. The molecule has 2 aromatic rings. The second kappa shape index (κ2) is 6.44. The molecule has 0 aromatic heterocycles. The van der Waals surface area contributed by atoms with Gasteiger partial charge in [-0.05, 0) is 25.1 Å². The maximum absolute atomic E-state index is 10.4. The predicted octanol–water partition coefficient (Wildman–Crippen LogP) is 3.17. The smallest absolute Gasteiger partial charge is 0.124 e. The molecule has 1 unspecified atom stereocenters. The molecule has 0 saturated heterocycles. The SMILES string of the molecule is COc1ccccc1C(O)CN(C)c1ccc(C)cc1. The normalized spacial score (nSPS) is 12.0. The van der Waals surface area contributed by atoms with Crippen LogP contribution in [-0.4, -0.2) is 25.8 Å². The number of ether oxygens (including phenoxy) is 1. The highest BCUT2D eigenvalue weighted by Crippen LogP contribution is 2.26. The number of para-hydroxylation sites is 1. The van der Waals surface area contributed by atoms with E-state index in [4.69, 9.17) is 4.74 Å². The number of methoxy groups -OCH3 is 1. The van der Waals surface area contributed by atoms with Crippen molar-refractivity contribution in [2.45, 2.75) is 13.0 Å². The fraction of sp³-hybridized carbons (Fsp3) is 0.294. The first-order chi connectivity index (χ1) is 9.61. The van der Waals surface area contributed by atoms with E-state index in [1.165, 1.54) is 5.56 Å². The van der Waals surface area contributed by atoms with Crippen molar-refractivity contribution in [3.8, 4) is 5.75 Å². The van der Waals surface area contributed by atoms with Crippen molar-refractivity contribution in [2.75, 3.05) is 25.6 Å². The van der Waals surface area contributed by atoms with Crippen LogP contribution in [0.25, 0.3) is 0 Å². The minimum absolute atomic E-state index is 0.517. The number of aliphatic hydroxyl groups is 1. The monoisotopic (exact) mass is 271 g/mol. The molecule has 2 aromatic carbocycles. The Labute approximate surface area is 120 Å². The molecule has 2 rings (SSSR count). The number of benzene rings is 2. The Balaban J connectivity index is 2.10. The van der Waals surface area contributed by atoms with E-state index < -0.39 is 6.10 Å². The summed E-state index contributed by atoms with van der Waals surface area (Å²) >= 11 is 0. The Morgan fingerprint density at radius 2 is 1.75 bits per heavy atom. The van der Waals surface area contributed by atoms with E-state index in [1.54, 1.807) is 7.11 Å². The second-order valence-electron chi connectivity index (χ2n) is 4.97. The fourth-order valence-corrected chi connectivity index (χ4v) is 2.20. The molecule has 0 radical (unpaired) electrons. The molecule has 0 spiro atoms. The van der Waals surface area contributed by atoms with Crippen molar-refractivity contribution in [2.24, 2.45) is 0 Å². The minimum atomic E-state index is -0.586. The molecule has 3 nitrogen and oxygen atoms in total. The van der Waals surface area contributed by atoms with Gasteiger partial charge in [0.2, 0.25) is 0 Å². The van der Waals surface area contributed by atoms with E-state index >= 15 is 0 Å². The van der Waals surface area contributed by atoms with Crippen LogP contribution in [0.1, 0.15) is 17.2 Å². The molecule has 0 aliphatic carbocycles. The molecule has 1 atom stereocenters. The zero-order valence-electron chi connectivity index (χ0n) is 12.2. The van der Waals surface area contributed by atoms with Gasteiger partial charge in [0.1, 0.15) is 5.75 Å². The van der Waals surface area contributed by atoms with Crippen LogP contribution < -0.4 is 9.64 Å². The molecule has 20 heavy (non-hydrogen) atoms. The summed E-state index contributed by atoms with van der Waals surface area (Å²) in [6, 6.07) is 15.8. The summed E-state index contributed by atoms with van der Waals surface area (Å²) in [5.41, 5.74) is 3.13. The van der Waals surface area contributed by atoms with Crippen molar-refractivity contribution in [3.63, 3.8) is 0 Å². The van der Waals surface area contributed by atoms with Gasteiger partial charge in [-0.1, -0.05) is 35.9 Å². The Morgan fingerprint density at radius 1 is 1.10 bits per heavy atom. The third-order valence-corrected chi connectivity index (χ3v) is 3.42. The zero-order valence-corrected chi connectivity index (χ0v) is 12.2. The van der Waals surface area contributed by atoms with Crippen LogP contribution in [-0.2, 0) is 0 Å². The molecule has 0 saturated carbocycles. The van der Waals surface area contributed by atoms with E-state index in [1.807, 2.05) is 36.2 Å². The molecule has 1 N–H and O–H groups in total. The molecule has 0 bridgehead atoms. The molecule has 0 heterocycles. The van der Waals surface area contributed by atoms with Gasteiger partial charge in [0.05, 0.1) is 13.2 Å². The molecular weight excluding hydrogens is 250 g/mol. The lowest BCUT2D eigenvalue weighted by molar-refractivity contribution is 0.180. The molecular formula is C17H21NO2. The summed E-state index contributed by atoms with van der Waals surface area (Å²) in [5.74, 6) is 0.720. The van der Waals surface area contributed by atoms with Crippen LogP contribution in [0.4, 0.5) is 5.69 Å². The number of hydrogen-bond acceptors (Lipinski definition) is 3. The quantitative estimate of drug-likeness (QED) is 0.906. The van der Waals surface area contributed by atoms with E-state index in [0.717, 1.165) is 17.0 Å². The van der Waals surface area contributed by atoms with E-state index in [-0.39, 0.29) is 0 Å². The lowest BCUT2D eigenvalue weighted by Crippen LogP contribution is -2.24. The lowest BCUT2D eigenvalue weighted by Gasteiger charge is -2.24. The highest BCUT2D eigenvalue weighted by molar-refractivity contribution is 5.47. The Hall–Kier alpha value is -2.00. The molecule has 3 heteroatoms. The van der Waals surface area contributed by atoms with Crippen molar-refractivity contribution < 1.29 is 9.84 Å². The summed E-state index contributed by atoms with van der Waals surface area (Å²) in [7, 11) is 3.60. The highest BCUT2D eigenvalue weighted by Gasteiger charge is 2.15. The van der Waals surface area contributed by atoms with Gasteiger partial charge in [-0.25, -0.2) is 0 Å². The summed E-state index contributed by atoms with van der Waals surface area (Å²) in [5, 5.41) is 10.4. The number of nitrogens with zero attached hydrogens (tertiary/aromatic N) is 1. The maximum Gasteiger partial charge on any atom is 0.124 e. The van der Waals surface area contributed by atoms with E-state index in [2.05, 4.69) is 31.2 Å². The second-order valence-corrected chi connectivity index (χ2v) is 4.97. The van der Waals surface area contributed by atoms with Crippen LogP contribution in [0, 0.1) is 6.92 Å². The first-order valence-electron chi connectivity index (χ1n) is 6.70. The average Bonchev–Trinajstić information content (AvgIpc) is 2.47. The first kappa shape index (κ1) is 14.4. The van der Waals surface area contributed by atoms with Gasteiger partial charge in [-0.15, -0.1) is 0 Å². The topological polar surface area (TPSA) is 32.7 Å². The number of hydrogen-bond donors (Lipinski definition) is 1. The maximum atomic E-state index is 10.4. The number of rotatable bonds is 5. The third kappa shape index (κ3) is 3.31. The molecule has 0 fully saturated rings. The van der Waals surface area contributed by atoms with Gasteiger partial charge in [0.15, 0.2) is 0 Å². The Bertz CT molecular complexity index is 551. The number of aryl methyl sites for hydroxylation is 1. The zero-order chi connectivity index (χ0) is 14.5. The summed E-state index contributed by atoms with van der Waals surface area (Å²) in [4.78, 5) is 2.04. The van der Waals surface area contributed by atoms with Gasteiger partial charge in [-0.3, -0.25) is 0 Å². The van der Waals surface area contributed by atoms with Crippen LogP contribution in [0.2, 0.25) is 0 Å². The van der Waals surface area contributed by atoms with Gasteiger partial charge in [0.25, 0.3) is 0 Å². The average molecular weight is 271 g/mol. The van der Waals surface area contributed by atoms with Gasteiger partial charge in [0, 0.05) is 24.8 Å². The molecule has 0 aliphatic rings. The van der Waals surface area contributed by atoms with Crippen LogP contribution in [0.5, 0.6) is 5.75 Å². The fourth-order valence-electron chi connectivity index (χ4n) is 2.20. The van der Waals surface area contributed by atoms with Crippen LogP contribution in [0.15, 0.2) is 48.5 Å². The lowest BCUT2D eigenvalue weighted by atomic mass is 10.1. The highest BCUT2D eigenvalue weighted by atomic mass is 16.5. The molecule has 0 aliphatic heterocycles. The molecule has 0 amide bonds. The first-order valence-corrected chi connectivity index (χ1v) is 6.70. The Morgan fingerprint density at radius 3 is 2.40 bits per heavy atom. The van der Waals surface area contributed by atoms with Gasteiger partial charge < -0.3 is 14.7 Å². The van der Waals surface area contributed by atoms with Crippen molar-refractivity contribution in [3.05, 3.63) is 59.7 Å². The third-order valence-electron chi connectivity index (χ3n) is 3.42. The van der Waals surface area contributed by atoms with Crippen molar-refractivity contribution >= 4 is 5.69 Å². The van der Waals surface area contributed by atoms with Crippen LogP contribution >= 0.6 is 0 Å². The summed E-state index contributed by atoms with van der Waals surface area (Å²) < 4.78 is 5.29. The minimum Gasteiger partial charge on any atom is -0.496 e.